The normalized spacial score (nSPS) is 15.5. The van der Waals surface area contributed by atoms with E-state index in [0.29, 0.717) is 13.1 Å². The fourth-order valence-electron chi connectivity index (χ4n) is 3.03. The number of hydrogen-bond acceptors (Lipinski definition) is 4. The van der Waals surface area contributed by atoms with E-state index in [9.17, 15) is 13.2 Å². The molecule has 0 aromatic heterocycles. The largest absolute Gasteiger partial charge is 0.322 e. The Hall–Kier alpha value is -2.42. The van der Waals surface area contributed by atoms with Crippen molar-refractivity contribution in [3.63, 3.8) is 0 Å². The number of carbonyl (C=O) groups excluding carboxylic acids is 1. The molecule has 3 N–H and O–H groups in total. The van der Waals surface area contributed by atoms with Crippen molar-refractivity contribution in [3.8, 4) is 0 Å². The third-order valence-corrected chi connectivity index (χ3v) is 5.58. The number of benzene rings is 2. The molecule has 0 bridgehead atoms. The summed E-state index contributed by atoms with van der Waals surface area (Å²) in [5.74, 6) is 0. The Bertz CT molecular complexity index is 862. The van der Waals surface area contributed by atoms with Gasteiger partial charge < -0.3 is 10.2 Å². The number of primary sulfonamides is 1. The molecular formula is C19H24N4O3S. The van der Waals surface area contributed by atoms with E-state index in [-0.39, 0.29) is 10.9 Å². The van der Waals surface area contributed by atoms with Crippen molar-refractivity contribution in [1.82, 2.24) is 9.80 Å². The van der Waals surface area contributed by atoms with Crippen molar-refractivity contribution in [2.45, 2.75) is 11.3 Å². The lowest BCUT2D eigenvalue weighted by molar-refractivity contribution is 0.148. The molecule has 144 valence electrons. The quantitative estimate of drug-likeness (QED) is 0.815. The molecule has 2 amide bonds. The Morgan fingerprint density at radius 3 is 2.19 bits per heavy atom. The lowest BCUT2D eigenvalue weighted by Crippen LogP contribution is -2.50. The van der Waals surface area contributed by atoms with E-state index >= 15 is 0 Å². The second-order valence-electron chi connectivity index (χ2n) is 6.56. The number of para-hydroxylation sites is 1. The molecule has 1 fully saturated rings. The van der Waals surface area contributed by atoms with Gasteiger partial charge in [-0.25, -0.2) is 18.4 Å². The van der Waals surface area contributed by atoms with Gasteiger partial charge in [-0.05, 0) is 36.2 Å². The monoisotopic (exact) mass is 388 g/mol. The van der Waals surface area contributed by atoms with Crippen LogP contribution in [0.5, 0.6) is 0 Å². The SMILES string of the molecule is NS(=O)(=O)c1ccc(CCN2CCN(C(=O)Nc3ccccc3)CC2)cc1. The molecule has 8 heteroatoms. The summed E-state index contributed by atoms with van der Waals surface area (Å²) in [6.07, 6.45) is 0.821. The van der Waals surface area contributed by atoms with Crippen molar-refractivity contribution in [2.24, 2.45) is 5.14 Å². The number of amides is 2. The van der Waals surface area contributed by atoms with Gasteiger partial charge in [-0.2, -0.15) is 0 Å². The van der Waals surface area contributed by atoms with E-state index in [0.717, 1.165) is 37.3 Å². The molecule has 1 saturated heterocycles. The molecular weight excluding hydrogens is 364 g/mol. The number of nitrogens with one attached hydrogen (secondary N) is 1. The second kappa shape index (κ2) is 8.51. The van der Waals surface area contributed by atoms with Crippen molar-refractivity contribution in [1.29, 1.82) is 0 Å². The summed E-state index contributed by atoms with van der Waals surface area (Å²) in [5, 5.41) is 8.02. The number of anilines is 1. The van der Waals surface area contributed by atoms with Crippen LogP contribution >= 0.6 is 0 Å². The van der Waals surface area contributed by atoms with Crippen LogP contribution in [0.3, 0.4) is 0 Å². The summed E-state index contributed by atoms with van der Waals surface area (Å²) >= 11 is 0. The molecule has 0 atom stereocenters. The van der Waals surface area contributed by atoms with Crippen molar-refractivity contribution >= 4 is 21.7 Å². The number of urea groups is 1. The maximum atomic E-state index is 12.3. The molecule has 2 aromatic rings. The van der Waals surface area contributed by atoms with Crippen LogP contribution in [-0.2, 0) is 16.4 Å². The average Bonchev–Trinajstić information content (AvgIpc) is 2.67. The van der Waals surface area contributed by atoms with Gasteiger partial charge in [-0.1, -0.05) is 30.3 Å². The maximum Gasteiger partial charge on any atom is 0.321 e. The minimum Gasteiger partial charge on any atom is -0.322 e. The van der Waals surface area contributed by atoms with E-state index in [4.69, 9.17) is 5.14 Å². The zero-order valence-electron chi connectivity index (χ0n) is 15.0. The Labute approximate surface area is 159 Å². The van der Waals surface area contributed by atoms with Gasteiger partial charge in [0.15, 0.2) is 0 Å². The van der Waals surface area contributed by atoms with Gasteiger partial charge in [0.2, 0.25) is 10.0 Å². The minimum absolute atomic E-state index is 0.0700. The first-order chi connectivity index (χ1) is 12.9. The standard InChI is InChI=1S/C19H24N4O3S/c20-27(25,26)18-8-6-16(7-9-18)10-11-22-12-14-23(15-13-22)19(24)21-17-4-2-1-3-5-17/h1-9H,10-15H2,(H,21,24)(H2,20,25,26). The van der Waals surface area contributed by atoms with Crippen LogP contribution in [-0.4, -0.2) is 57.0 Å². The maximum absolute atomic E-state index is 12.3. The summed E-state index contributed by atoms with van der Waals surface area (Å²) in [6, 6.07) is 16.0. The summed E-state index contributed by atoms with van der Waals surface area (Å²) in [5.41, 5.74) is 1.86. The van der Waals surface area contributed by atoms with Gasteiger partial charge in [-0.15, -0.1) is 0 Å². The number of carbonyl (C=O) groups is 1. The Balaban J connectivity index is 1.43. The van der Waals surface area contributed by atoms with Gasteiger partial charge in [0.1, 0.15) is 0 Å². The fraction of sp³-hybridized carbons (Fsp3) is 0.316. The predicted molar refractivity (Wildman–Crippen MR) is 105 cm³/mol. The lowest BCUT2D eigenvalue weighted by atomic mass is 10.1. The minimum atomic E-state index is -3.65. The number of nitrogens with zero attached hydrogens (tertiary/aromatic N) is 2. The molecule has 0 radical (unpaired) electrons. The third kappa shape index (κ3) is 5.53. The van der Waals surface area contributed by atoms with Gasteiger partial charge >= 0.3 is 6.03 Å². The highest BCUT2D eigenvalue weighted by Gasteiger charge is 2.20. The van der Waals surface area contributed by atoms with Crippen LogP contribution in [0.15, 0.2) is 59.5 Å². The predicted octanol–water partition coefficient (Wildman–Crippen LogP) is 1.73. The van der Waals surface area contributed by atoms with E-state index in [1.807, 2.05) is 35.2 Å². The number of sulfonamides is 1. The van der Waals surface area contributed by atoms with E-state index in [2.05, 4.69) is 10.2 Å². The van der Waals surface area contributed by atoms with Crippen molar-refractivity contribution in [2.75, 3.05) is 38.0 Å². The Morgan fingerprint density at radius 1 is 0.963 bits per heavy atom. The number of rotatable bonds is 5. The van der Waals surface area contributed by atoms with E-state index in [1.54, 1.807) is 12.1 Å². The topological polar surface area (TPSA) is 95.7 Å². The summed E-state index contributed by atoms with van der Waals surface area (Å²) < 4.78 is 22.6. The number of nitrogens with two attached hydrogens (primary N) is 1. The molecule has 0 spiro atoms. The molecule has 2 aromatic carbocycles. The molecule has 1 aliphatic heterocycles. The van der Waals surface area contributed by atoms with Gasteiger partial charge in [0, 0.05) is 38.4 Å². The van der Waals surface area contributed by atoms with Crippen LogP contribution in [0.2, 0.25) is 0 Å². The third-order valence-electron chi connectivity index (χ3n) is 4.65. The first kappa shape index (κ1) is 19.3. The first-order valence-electron chi connectivity index (χ1n) is 8.87. The highest BCUT2D eigenvalue weighted by molar-refractivity contribution is 7.89. The zero-order valence-corrected chi connectivity index (χ0v) is 15.9. The fourth-order valence-corrected chi connectivity index (χ4v) is 3.55. The molecule has 3 rings (SSSR count). The van der Waals surface area contributed by atoms with Gasteiger partial charge in [0.25, 0.3) is 0 Å². The number of hydrogen-bond donors (Lipinski definition) is 2. The molecule has 7 nitrogen and oxygen atoms in total. The van der Waals surface area contributed by atoms with E-state index < -0.39 is 10.0 Å². The van der Waals surface area contributed by atoms with Gasteiger partial charge in [0.05, 0.1) is 4.90 Å². The zero-order chi connectivity index (χ0) is 19.3. The second-order valence-corrected chi connectivity index (χ2v) is 8.13. The summed E-state index contributed by atoms with van der Waals surface area (Å²) in [4.78, 5) is 16.6. The lowest BCUT2D eigenvalue weighted by Gasteiger charge is -2.34. The highest BCUT2D eigenvalue weighted by Crippen LogP contribution is 2.12. The van der Waals surface area contributed by atoms with Crippen LogP contribution in [0.25, 0.3) is 0 Å². The molecule has 0 aliphatic carbocycles. The average molecular weight is 388 g/mol. The summed E-state index contributed by atoms with van der Waals surface area (Å²) in [7, 11) is -3.65. The molecule has 0 unspecified atom stereocenters. The first-order valence-corrected chi connectivity index (χ1v) is 10.4. The van der Waals surface area contributed by atoms with Crippen LogP contribution < -0.4 is 10.5 Å². The molecule has 0 saturated carbocycles. The Morgan fingerprint density at radius 2 is 1.59 bits per heavy atom. The summed E-state index contributed by atoms with van der Waals surface area (Å²) in [6.45, 7) is 3.86. The van der Waals surface area contributed by atoms with E-state index in [1.165, 1.54) is 12.1 Å². The highest BCUT2D eigenvalue weighted by atomic mass is 32.2. The van der Waals surface area contributed by atoms with Gasteiger partial charge in [-0.3, -0.25) is 4.90 Å². The van der Waals surface area contributed by atoms with Crippen molar-refractivity contribution in [3.05, 3.63) is 60.2 Å². The smallest absolute Gasteiger partial charge is 0.321 e. The number of piperazine rings is 1. The molecule has 27 heavy (non-hydrogen) atoms. The molecule has 1 aliphatic rings. The van der Waals surface area contributed by atoms with Crippen LogP contribution in [0.4, 0.5) is 10.5 Å². The Kier molecular flexibility index (Phi) is 6.10. The molecule has 1 heterocycles. The van der Waals surface area contributed by atoms with Crippen molar-refractivity contribution < 1.29 is 13.2 Å². The van der Waals surface area contributed by atoms with Crippen LogP contribution in [0, 0.1) is 0 Å². The van der Waals surface area contributed by atoms with Crippen LogP contribution in [0.1, 0.15) is 5.56 Å².